The van der Waals surface area contributed by atoms with E-state index in [0.29, 0.717) is 23.6 Å². The molecule has 1 atom stereocenters. The molecule has 0 aliphatic heterocycles. The second kappa shape index (κ2) is 6.48. The van der Waals surface area contributed by atoms with Crippen molar-refractivity contribution in [3.63, 3.8) is 0 Å². The summed E-state index contributed by atoms with van der Waals surface area (Å²) in [7, 11) is 0. The molecular weight excluding hydrogens is 311 g/mol. The molecule has 2 rings (SSSR count). The van der Waals surface area contributed by atoms with Crippen molar-refractivity contribution in [3.8, 4) is 0 Å². The molecule has 0 spiro atoms. The first-order chi connectivity index (χ1) is 9.77. The van der Waals surface area contributed by atoms with E-state index >= 15 is 0 Å². The van der Waals surface area contributed by atoms with Gasteiger partial charge in [-0.05, 0) is 51.0 Å². The van der Waals surface area contributed by atoms with E-state index in [0.717, 1.165) is 10.9 Å². The number of pyridine rings is 1. The van der Waals surface area contributed by atoms with E-state index in [4.69, 9.17) is 11.6 Å². The second-order valence-electron chi connectivity index (χ2n) is 5.80. The molecule has 114 valence electrons. The Labute approximate surface area is 132 Å². The van der Waals surface area contributed by atoms with Crippen LogP contribution in [0.2, 0.25) is 5.15 Å². The Morgan fingerprint density at radius 3 is 2.71 bits per heavy atom. The zero-order valence-electron chi connectivity index (χ0n) is 12.2. The van der Waals surface area contributed by atoms with Crippen LogP contribution in [-0.2, 0) is 17.8 Å². The molecule has 2 aromatic rings. The van der Waals surface area contributed by atoms with Gasteiger partial charge in [0.15, 0.2) is 0 Å². The molecule has 1 aromatic carbocycles. The van der Waals surface area contributed by atoms with Gasteiger partial charge in [-0.15, -0.1) is 4.72 Å². The van der Waals surface area contributed by atoms with Crippen molar-refractivity contribution in [2.45, 2.75) is 31.9 Å². The normalized spacial score (nSPS) is 13.6. The summed E-state index contributed by atoms with van der Waals surface area (Å²) in [5.41, 5.74) is 1.39. The molecule has 0 bridgehead atoms. The van der Waals surface area contributed by atoms with Crippen LogP contribution in [0, 0.1) is 5.82 Å². The van der Waals surface area contributed by atoms with Gasteiger partial charge in [-0.3, -0.25) is 0 Å². The third-order valence-corrected chi connectivity index (χ3v) is 4.90. The van der Waals surface area contributed by atoms with Gasteiger partial charge in [0, 0.05) is 29.4 Å². The van der Waals surface area contributed by atoms with E-state index in [-0.39, 0.29) is 10.6 Å². The van der Waals surface area contributed by atoms with E-state index < -0.39 is 11.4 Å². The summed E-state index contributed by atoms with van der Waals surface area (Å²) < 4.78 is 27.7. The fourth-order valence-electron chi connectivity index (χ4n) is 1.83. The Hall–Kier alpha value is -0.880. The van der Waals surface area contributed by atoms with Gasteiger partial charge in [0.05, 0.1) is 5.52 Å². The summed E-state index contributed by atoms with van der Waals surface area (Å²) in [5, 5.41) is 1.20. The summed E-state index contributed by atoms with van der Waals surface area (Å²) in [4.78, 5) is 4.20. The Balaban J connectivity index is 2.09. The van der Waals surface area contributed by atoms with E-state index in [2.05, 4.69) is 9.71 Å². The summed E-state index contributed by atoms with van der Waals surface area (Å²) >= 11 is 5.01. The van der Waals surface area contributed by atoms with Crippen LogP contribution in [0.15, 0.2) is 24.3 Å². The molecule has 0 saturated carbocycles. The van der Waals surface area contributed by atoms with Crippen molar-refractivity contribution in [3.05, 3.63) is 40.8 Å². The molecule has 3 nitrogen and oxygen atoms in total. The Morgan fingerprint density at radius 1 is 1.33 bits per heavy atom. The number of hydrogen-bond acceptors (Lipinski definition) is 3. The average Bonchev–Trinajstić information content (AvgIpc) is 2.38. The molecule has 0 saturated heterocycles. The fraction of sp³-hybridized carbons (Fsp3) is 0.400. The monoisotopic (exact) mass is 328 g/mol. The van der Waals surface area contributed by atoms with Crippen LogP contribution >= 0.6 is 11.6 Å². The maximum absolute atomic E-state index is 13.1. The van der Waals surface area contributed by atoms with Crippen LogP contribution in [0.25, 0.3) is 10.9 Å². The number of nitrogens with one attached hydrogen (secondary N) is 1. The van der Waals surface area contributed by atoms with E-state index in [1.165, 1.54) is 12.1 Å². The SMILES string of the molecule is CC(C)(C)[S@@+]([O-])NCCc1cc2ccc(F)cc2nc1Cl. The molecule has 6 heteroatoms. The molecule has 21 heavy (non-hydrogen) atoms. The lowest BCUT2D eigenvalue weighted by Gasteiger charge is -2.23. The van der Waals surface area contributed by atoms with Gasteiger partial charge in [-0.1, -0.05) is 11.6 Å². The van der Waals surface area contributed by atoms with Gasteiger partial charge < -0.3 is 4.55 Å². The third kappa shape index (κ3) is 4.30. The Morgan fingerprint density at radius 2 is 2.05 bits per heavy atom. The van der Waals surface area contributed by atoms with Crippen LogP contribution in [0.3, 0.4) is 0 Å². The highest BCUT2D eigenvalue weighted by Crippen LogP contribution is 2.22. The van der Waals surface area contributed by atoms with E-state index in [9.17, 15) is 8.94 Å². The number of nitrogens with zero attached hydrogens (tertiary/aromatic N) is 1. The van der Waals surface area contributed by atoms with Crippen molar-refractivity contribution in [2.24, 2.45) is 0 Å². The molecule has 0 radical (unpaired) electrons. The second-order valence-corrected chi connectivity index (χ2v) is 8.21. The first kappa shape index (κ1) is 16.5. The number of hydrogen-bond donors (Lipinski definition) is 1. The van der Waals surface area contributed by atoms with Crippen LogP contribution in [0.1, 0.15) is 26.3 Å². The number of benzene rings is 1. The highest BCUT2D eigenvalue weighted by Gasteiger charge is 2.25. The zero-order chi connectivity index (χ0) is 15.6. The molecule has 0 aliphatic carbocycles. The first-order valence-corrected chi connectivity index (χ1v) is 8.20. The number of fused-ring (bicyclic) bond motifs is 1. The largest absolute Gasteiger partial charge is 0.598 e. The maximum Gasteiger partial charge on any atom is 0.136 e. The minimum Gasteiger partial charge on any atom is -0.598 e. The fourth-order valence-corrected chi connectivity index (χ4v) is 2.79. The summed E-state index contributed by atoms with van der Waals surface area (Å²) in [6.45, 7) is 6.28. The van der Waals surface area contributed by atoms with Gasteiger partial charge in [-0.2, -0.15) is 0 Å². The zero-order valence-corrected chi connectivity index (χ0v) is 13.8. The van der Waals surface area contributed by atoms with Gasteiger partial charge >= 0.3 is 0 Å². The Kier molecular flexibility index (Phi) is 5.09. The van der Waals surface area contributed by atoms with Gasteiger partial charge in [0.2, 0.25) is 0 Å². The van der Waals surface area contributed by atoms with Crippen LogP contribution in [0.5, 0.6) is 0 Å². The number of halogens is 2. The molecular formula is C15H18ClFN2OS. The Bertz CT molecular complexity index is 645. The number of rotatable bonds is 4. The topological polar surface area (TPSA) is 48.0 Å². The molecule has 1 heterocycles. The summed E-state index contributed by atoms with van der Waals surface area (Å²) in [6, 6.07) is 6.33. The quantitative estimate of drug-likeness (QED) is 0.689. The van der Waals surface area contributed by atoms with Crippen LogP contribution in [0.4, 0.5) is 4.39 Å². The summed E-state index contributed by atoms with van der Waals surface area (Å²) in [5.74, 6) is -0.332. The highest BCUT2D eigenvalue weighted by atomic mass is 35.5. The van der Waals surface area contributed by atoms with Crippen molar-refractivity contribution in [2.75, 3.05) is 6.54 Å². The van der Waals surface area contributed by atoms with Crippen LogP contribution < -0.4 is 4.72 Å². The van der Waals surface area contributed by atoms with Crippen LogP contribution in [-0.4, -0.2) is 20.8 Å². The lowest BCUT2D eigenvalue weighted by molar-refractivity contribution is 0.544. The lowest BCUT2D eigenvalue weighted by Crippen LogP contribution is -2.40. The molecule has 0 amide bonds. The summed E-state index contributed by atoms with van der Waals surface area (Å²) in [6.07, 6.45) is 0.612. The molecule has 1 aromatic heterocycles. The van der Waals surface area contributed by atoms with Gasteiger partial charge in [0.25, 0.3) is 0 Å². The average molecular weight is 329 g/mol. The predicted molar refractivity (Wildman–Crippen MR) is 86.3 cm³/mol. The minimum absolute atomic E-state index is 0.303. The molecule has 0 fully saturated rings. The maximum atomic E-state index is 13.1. The van der Waals surface area contributed by atoms with Gasteiger partial charge in [0.1, 0.15) is 15.7 Å². The van der Waals surface area contributed by atoms with E-state index in [1.807, 2.05) is 26.8 Å². The predicted octanol–water partition coefficient (Wildman–Crippen LogP) is 3.62. The van der Waals surface area contributed by atoms with Crippen molar-refractivity contribution < 1.29 is 8.94 Å². The van der Waals surface area contributed by atoms with Crippen molar-refractivity contribution in [1.29, 1.82) is 0 Å². The van der Waals surface area contributed by atoms with Crippen molar-refractivity contribution in [1.82, 2.24) is 9.71 Å². The molecule has 1 N–H and O–H groups in total. The highest BCUT2D eigenvalue weighted by molar-refractivity contribution is 7.90. The smallest absolute Gasteiger partial charge is 0.136 e. The van der Waals surface area contributed by atoms with E-state index in [1.54, 1.807) is 6.07 Å². The third-order valence-electron chi connectivity index (χ3n) is 2.99. The lowest BCUT2D eigenvalue weighted by atomic mass is 10.1. The van der Waals surface area contributed by atoms with Gasteiger partial charge in [-0.25, -0.2) is 9.37 Å². The molecule has 0 unspecified atom stereocenters. The first-order valence-electron chi connectivity index (χ1n) is 6.67. The standard InChI is InChI=1S/C15H18ClFN2OS/c1-15(2,3)21(20)18-7-6-11-8-10-4-5-12(17)9-13(10)19-14(11)16/h4-5,8-9,18H,6-7H2,1-3H3/t21-/m1/s1. The van der Waals surface area contributed by atoms with Crippen molar-refractivity contribution >= 4 is 33.9 Å². The number of aromatic nitrogens is 1. The molecule has 0 aliphatic rings. The minimum atomic E-state index is -1.11.